The number of fused-ring (bicyclic) bond motifs is 1. The molecule has 3 rings (SSSR count). The Hall–Kier alpha value is -1.52. The summed E-state index contributed by atoms with van der Waals surface area (Å²) in [6.07, 6.45) is -2.47. The summed E-state index contributed by atoms with van der Waals surface area (Å²) in [5.74, 6) is -2.02. The van der Waals surface area contributed by atoms with E-state index in [1.165, 1.54) is 6.92 Å². The topological polar surface area (TPSA) is 290 Å². The van der Waals surface area contributed by atoms with Crippen LogP contribution in [-0.4, -0.2) is 79.6 Å². The lowest BCUT2D eigenvalue weighted by atomic mass is 9.96. The van der Waals surface area contributed by atoms with Crippen molar-refractivity contribution in [1.82, 2.24) is 19.5 Å². The van der Waals surface area contributed by atoms with E-state index in [0.717, 1.165) is 17.8 Å². The maximum absolute atomic E-state index is 12.1. The quantitative estimate of drug-likeness (QED) is 0.171. The van der Waals surface area contributed by atoms with Crippen molar-refractivity contribution < 1.29 is 57.1 Å². The van der Waals surface area contributed by atoms with Gasteiger partial charge in [0.2, 0.25) is 5.95 Å². The highest BCUT2D eigenvalue weighted by molar-refractivity contribution is 7.73. The number of nitrogens with two attached hydrogens (primary N) is 1. The summed E-state index contributed by atoms with van der Waals surface area (Å²) in [5, 5.41) is 21.3. The Bertz CT molecular complexity index is 1310. The number of rotatable bonds is 8. The number of nitrogens with one attached hydrogen (secondary N) is 1. The number of anilines is 1. The molecule has 2 aromatic rings. The third-order valence-corrected chi connectivity index (χ3v) is 10.1. The lowest BCUT2D eigenvalue weighted by Gasteiger charge is -2.32. The SMILES string of the molecule is C[C@]1(COP(=O)(O)OP(=O)(O)CP(=O)(O)O)O[C@@](C)(n2cnc3c(=O)[nH]c(N)nc32)C(O)C1O. The number of hydrogen-bond acceptors (Lipinski definition) is 12. The van der Waals surface area contributed by atoms with Crippen molar-refractivity contribution in [2.75, 3.05) is 18.2 Å². The number of aromatic nitrogens is 4. The van der Waals surface area contributed by atoms with E-state index >= 15 is 0 Å². The largest absolute Gasteiger partial charge is 0.479 e. The molecule has 0 aliphatic carbocycles. The van der Waals surface area contributed by atoms with Crippen LogP contribution in [0.25, 0.3) is 11.2 Å². The highest BCUT2D eigenvalue weighted by Crippen LogP contribution is 2.65. The Balaban J connectivity index is 1.85. The summed E-state index contributed by atoms with van der Waals surface area (Å²) in [7, 11) is -15.8. The number of hydrogen-bond donors (Lipinski definition) is 8. The van der Waals surface area contributed by atoms with Crippen LogP contribution < -0.4 is 11.3 Å². The van der Waals surface area contributed by atoms with Crippen molar-refractivity contribution in [2.24, 2.45) is 0 Å². The lowest BCUT2D eigenvalue weighted by Crippen LogP contribution is -2.44. The summed E-state index contributed by atoms with van der Waals surface area (Å²) in [5.41, 5.74) is 0.755. The second-order valence-electron chi connectivity index (χ2n) is 7.86. The molecule has 1 aliphatic rings. The summed E-state index contributed by atoms with van der Waals surface area (Å²) in [6.45, 7) is 1.44. The van der Waals surface area contributed by atoms with Crippen molar-refractivity contribution in [3.63, 3.8) is 0 Å². The Morgan fingerprint density at radius 3 is 2.41 bits per heavy atom. The minimum atomic E-state index is -5.42. The second-order valence-corrected chi connectivity index (χ2v) is 13.4. The van der Waals surface area contributed by atoms with E-state index in [-0.39, 0.29) is 17.1 Å². The van der Waals surface area contributed by atoms with Gasteiger partial charge < -0.3 is 40.3 Å². The van der Waals surface area contributed by atoms with Crippen LogP contribution in [0.4, 0.5) is 5.95 Å². The first-order valence-electron chi connectivity index (χ1n) is 9.13. The lowest BCUT2D eigenvalue weighted by molar-refractivity contribution is -0.169. The zero-order valence-corrected chi connectivity index (χ0v) is 20.1. The third kappa shape index (κ3) is 5.33. The van der Waals surface area contributed by atoms with E-state index < -0.39 is 64.6 Å². The van der Waals surface area contributed by atoms with Crippen molar-refractivity contribution in [3.05, 3.63) is 16.7 Å². The molecule has 0 amide bonds. The van der Waals surface area contributed by atoms with Crippen LogP contribution in [-0.2, 0) is 33.0 Å². The fourth-order valence-corrected chi connectivity index (χ4v) is 7.86. The van der Waals surface area contributed by atoms with Crippen LogP contribution in [0.3, 0.4) is 0 Å². The van der Waals surface area contributed by atoms with Gasteiger partial charge in [0.1, 0.15) is 17.8 Å². The Kier molecular flexibility index (Phi) is 6.81. The Morgan fingerprint density at radius 1 is 1.21 bits per heavy atom. The molecule has 3 heterocycles. The maximum atomic E-state index is 12.1. The van der Waals surface area contributed by atoms with E-state index in [1.54, 1.807) is 0 Å². The molecule has 1 fully saturated rings. The number of imidazole rings is 1. The molecular weight excluding hydrogens is 527 g/mol. The first-order chi connectivity index (χ1) is 15.3. The van der Waals surface area contributed by atoms with Crippen LogP contribution >= 0.6 is 23.0 Å². The number of aliphatic hydroxyl groups is 2. The number of phosphoric ester groups is 1. The van der Waals surface area contributed by atoms with Crippen molar-refractivity contribution >= 4 is 40.1 Å². The monoisotopic (exact) mass is 549 g/mol. The van der Waals surface area contributed by atoms with Gasteiger partial charge in [-0.05, 0) is 13.8 Å². The van der Waals surface area contributed by atoms with E-state index in [9.17, 15) is 38.5 Å². The molecule has 4 unspecified atom stereocenters. The van der Waals surface area contributed by atoms with Crippen molar-refractivity contribution in [2.45, 2.75) is 37.4 Å². The highest BCUT2D eigenvalue weighted by Gasteiger charge is 2.60. The van der Waals surface area contributed by atoms with Gasteiger partial charge in [-0.15, -0.1) is 0 Å². The minimum absolute atomic E-state index is 0.116. The van der Waals surface area contributed by atoms with Gasteiger partial charge in [0.15, 0.2) is 22.8 Å². The smallest absolute Gasteiger partial charge is 0.387 e. The van der Waals surface area contributed by atoms with Crippen LogP contribution in [0.5, 0.6) is 0 Å². The predicted octanol–water partition coefficient (Wildman–Crippen LogP) is -1.66. The molecule has 1 saturated heterocycles. The number of H-pyrrole nitrogens is 1. The molecule has 0 aromatic carbocycles. The minimum Gasteiger partial charge on any atom is -0.387 e. The molecule has 1 aliphatic heterocycles. The van der Waals surface area contributed by atoms with Gasteiger partial charge in [0.05, 0.1) is 12.9 Å². The molecule has 0 bridgehead atoms. The normalized spacial score (nSPS) is 31.4. The molecule has 0 radical (unpaired) electrons. The van der Waals surface area contributed by atoms with Crippen molar-refractivity contribution in [1.29, 1.82) is 0 Å². The molecule has 0 spiro atoms. The van der Waals surface area contributed by atoms with Gasteiger partial charge in [0.25, 0.3) is 5.56 Å². The first-order valence-corrected chi connectivity index (χ1v) is 14.2. The standard InChI is InChI=1S/C13H22N5O13P3/c1-12(3-29-34(27,28)31-33(25,26)5-32(22,23)24)7(19)8(20)13(2,30-12)18-4-15-6-9(18)16-11(14)17-10(6)21/h4,7-8,19-20H,3,5H2,1-2H3,(H,25,26)(H,27,28)(H2,22,23,24)(H3,14,16,17,21)/t7?,8?,12-,13-/m1/s1. The van der Waals surface area contributed by atoms with Crippen LogP contribution in [0, 0.1) is 0 Å². The number of aromatic amines is 1. The molecule has 0 saturated carbocycles. The second kappa shape index (κ2) is 8.55. The summed E-state index contributed by atoms with van der Waals surface area (Å²) >= 11 is 0. The number of phosphoric acid groups is 1. The zero-order chi connectivity index (χ0) is 25.9. The van der Waals surface area contributed by atoms with E-state index in [2.05, 4.69) is 23.8 Å². The zero-order valence-electron chi connectivity index (χ0n) is 17.4. The van der Waals surface area contributed by atoms with Gasteiger partial charge >= 0.3 is 23.0 Å². The molecule has 2 aromatic heterocycles. The molecule has 9 N–H and O–H groups in total. The molecule has 18 nitrogen and oxygen atoms in total. The van der Waals surface area contributed by atoms with Gasteiger partial charge in [-0.2, -0.15) is 4.98 Å². The Labute approximate surface area is 189 Å². The summed E-state index contributed by atoms with van der Waals surface area (Å²) in [4.78, 5) is 58.8. The number of nitrogen functional groups attached to an aromatic ring is 1. The van der Waals surface area contributed by atoms with E-state index in [0.29, 0.717) is 0 Å². The average molecular weight is 549 g/mol. The first kappa shape index (κ1) is 27.1. The highest BCUT2D eigenvalue weighted by atomic mass is 31.3. The number of nitrogens with zero attached hydrogens (tertiary/aromatic N) is 3. The molecule has 21 heteroatoms. The summed E-state index contributed by atoms with van der Waals surface area (Å²) in [6, 6.07) is 0. The van der Waals surface area contributed by atoms with Crippen molar-refractivity contribution in [3.8, 4) is 0 Å². The van der Waals surface area contributed by atoms with Crippen LogP contribution in [0.2, 0.25) is 0 Å². The van der Waals surface area contributed by atoms with Gasteiger partial charge in [-0.3, -0.25) is 28.0 Å². The van der Waals surface area contributed by atoms with Crippen LogP contribution in [0.15, 0.2) is 11.1 Å². The van der Waals surface area contributed by atoms with E-state index in [4.69, 9.17) is 20.3 Å². The van der Waals surface area contributed by atoms with Crippen LogP contribution in [0.1, 0.15) is 13.8 Å². The van der Waals surface area contributed by atoms with Gasteiger partial charge in [-0.1, -0.05) is 0 Å². The maximum Gasteiger partial charge on any atom is 0.479 e. The fourth-order valence-electron chi connectivity index (χ4n) is 3.43. The predicted molar refractivity (Wildman–Crippen MR) is 111 cm³/mol. The van der Waals surface area contributed by atoms with Gasteiger partial charge in [-0.25, -0.2) is 13.9 Å². The molecule has 34 heavy (non-hydrogen) atoms. The fraction of sp³-hybridized carbons (Fsp3) is 0.615. The molecule has 6 atom stereocenters. The Morgan fingerprint density at radius 2 is 1.82 bits per heavy atom. The molecule has 192 valence electrons. The van der Waals surface area contributed by atoms with E-state index in [1.807, 2.05) is 0 Å². The number of ether oxygens (including phenoxy) is 1. The molecular formula is C13H22N5O13P3. The average Bonchev–Trinajstić information content (AvgIpc) is 3.13. The van der Waals surface area contributed by atoms with Gasteiger partial charge in [0, 0.05) is 0 Å². The summed E-state index contributed by atoms with van der Waals surface area (Å²) < 4.78 is 50.2. The number of aliphatic hydroxyl groups excluding tert-OH is 2. The third-order valence-electron chi connectivity index (χ3n) is 4.92.